The molecule has 0 aromatic carbocycles. The number of carboxylic acid groups (broad SMARTS) is 1. The largest absolute Gasteiger partial charge is 0.481 e. The Bertz CT molecular complexity index is 385. The van der Waals surface area contributed by atoms with Crippen molar-refractivity contribution in [2.24, 2.45) is 16.7 Å². The van der Waals surface area contributed by atoms with Gasteiger partial charge in [0.2, 0.25) is 5.91 Å². The summed E-state index contributed by atoms with van der Waals surface area (Å²) in [5.41, 5.74) is -1.30. The predicted molar refractivity (Wildman–Crippen MR) is 72.6 cm³/mol. The number of carbonyl (C=O) groups is 2. The molecule has 0 spiro atoms. The maximum absolute atomic E-state index is 12.4. The summed E-state index contributed by atoms with van der Waals surface area (Å²) in [5, 5.41) is 12.6. The molecule has 1 amide bonds. The zero-order chi connectivity index (χ0) is 14.3. The number of rotatable bonds is 3. The number of carbonyl (C=O) groups excluding carboxylic acids is 1. The second-order valence-electron chi connectivity index (χ2n) is 6.94. The first-order valence-corrected chi connectivity index (χ1v) is 7.33. The van der Waals surface area contributed by atoms with Gasteiger partial charge in [-0.1, -0.05) is 26.7 Å². The van der Waals surface area contributed by atoms with E-state index >= 15 is 0 Å². The smallest absolute Gasteiger partial charge is 0.309 e. The van der Waals surface area contributed by atoms with Crippen LogP contribution in [0, 0.1) is 16.7 Å². The van der Waals surface area contributed by atoms with E-state index in [0.717, 1.165) is 12.8 Å². The van der Waals surface area contributed by atoms with Crippen LogP contribution in [-0.2, 0) is 9.59 Å². The van der Waals surface area contributed by atoms with E-state index in [4.69, 9.17) is 0 Å². The lowest BCUT2D eigenvalue weighted by Crippen LogP contribution is -2.47. The third-order valence-electron chi connectivity index (χ3n) is 5.72. The minimum atomic E-state index is -0.801. The van der Waals surface area contributed by atoms with Crippen molar-refractivity contribution in [3.63, 3.8) is 0 Å². The van der Waals surface area contributed by atoms with Crippen LogP contribution >= 0.6 is 0 Å². The van der Waals surface area contributed by atoms with Crippen molar-refractivity contribution in [1.82, 2.24) is 5.32 Å². The second-order valence-corrected chi connectivity index (χ2v) is 6.94. The molecule has 2 atom stereocenters. The van der Waals surface area contributed by atoms with E-state index in [-0.39, 0.29) is 11.8 Å². The minimum Gasteiger partial charge on any atom is -0.481 e. The molecule has 2 aliphatic rings. The van der Waals surface area contributed by atoms with Gasteiger partial charge in [0.05, 0.1) is 5.41 Å². The van der Waals surface area contributed by atoms with Gasteiger partial charge in [-0.3, -0.25) is 9.59 Å². The van der Waals surface area contributed by atoms with Crippen LogP contribution in [0.4, 0.5) is 0 Å². The van der Waals surface area contributed by atoms with Crippen LogP contribution in [0.3, 0.4) is 0 Å². The highest BCUT2D eigenvalue weighted by Gasteiger charge is 2.58. The number of carboxylic acids is 1. The number of hydrogen-bond acceptors (Lipinski definition) is 2. The lowest BCUT2D eigenvalue weighted by atomic mass is 9.65. The standard InChI is InChI=1S/C15H25NO3/c1-14(2)11(8-9-15(14,3)13(18)19)12(17)16-10-6-4-5-7-10/h10-11H,4-9H2,1-3H3,(H,16,17)(H,18,19). The third kappa shape index (κ3) is 2.26. The average molecular weight is 267 g/mol. The summed E-state index contributed by atoms with van der Waals surface area (Å²) >= 11 is 0. The minimum absolute atomic E-state index is 0.0573. The van der Waals surface area contributed by atoms with Crippen LogP contribution < -0.4 is 5.32 Å². The summed E-state index contributed by atoms with van der Waals surface area (Å²) < 4.78 is 0. The van der Waals surface area contributed by atoms with E-state index in [2.05, 4.69) is 5.32 Å². The third-order valence-corrected chi connectivity index (χ3v) is 5.72. The van der Waals surface area contributed by atoms with E-state index in [1.807, 2.05) is 13.8 Å². The zero-order valence-electron chi connectivity index (χ0n) is 12.2. The highest BCUT2D eigenvalue weighted by atomic mass is 16.4. The fourth-order valence-corrected chi connectivity index (χ4v) is 3.71. The molecular weight excluding hydrogens is 242 g/mol. The summed E-state index contributed by atoms with van der Waals surface area (Å²) in [6.07, 6.45) is 5.76. The van der Waals surface area contributed by atoms with Crippen LogP contribution in [0.2, 0.25) is 0 Å². The molecule has 2 unspecified atom stereocenters. The molecule has 4 nitrogen and oxygen atoms in total. The number of hydrogen-bond donors (Lipinski definition) is 2. The second kappa shape index (κ2) is 4.80. The summed E-state index contributed by atoms with van der Waals surface area (Å²) in [7, 11) is 0. The monoisotopic (exact) mass is 267 g/mol. The molecule has 2 fully saturated rings. The first-order valence-electron chi connectivity index (χ1n) is 7.33. The van der Waals surface area contributed by atoms with E-state index in [1.54, 1.807) is 6.92 Å². The summed E-state index contributed by atoms with van der Waals surface area (Å²) in [4.78, 5) is 23.9. The molecule has 0 saturated heterocycles. The maximum atomic E-state index is 12.4. The van der Waals surface area contributed by atoms with Gasteiger partial charge >= 0.3 is 5.97 Å². The number of amides is 1. The van der Waals surface area contributed by atoms with Gasteiger partial charge < -0.3 is 10.4 Å². The molecule has 0 bridgehead atoms. The van der Waals surface area contributed by atoms with Gasteiger partial charge in [-0.25, -0.2) is 0 Å². The Labute approximate surface area is 115 Å². The van der Waals surface area contributed by atoms with E-state index in [9.17, 15) is 14.7 Å². The molecule has 108 valence electrons. The van der Waals surface area contributed by atoms with Crippen LogP contribution in [0.15, 0.2) is 0 Å². The Morgan fingerprint density at radius 2 is 1.68 bits per heavy atom. The first kappa shape index (κ1) is 14.4. The van der Waals surface area contributed by atoms with Crippen molar-refractivity contribution in [2.75, 3.05) is 0 Å². The van der Waals surface area contributed by atoms with Crippen LogP contribution in [-0.4, -0.2) is 23.0 Å². The Kier molecular flexibility index (Phi) is 3.63. The van der Waals surface area contributed by atoms with Gasteiger partial charge in [-0.15, -0.1) is 0 Å². The van der Waals surface area contributed by atoms with Gasteiger partial charge in [-0.05, 0) is 38.0 Å². The Morgan fingerprint density at radius 1 is 1.11 bits per heavy atom. The summed E-state index contributed by atoms with van der Waals surface area (Å²) in [5.74, 6) is -0.912. The van der Waals surface area contributed by atoms with Gasteiger partial charge in [0, 0.05) is 12.0 Å². The Morgan fingerprint density at radius 3 is 2.16 bits per heavy atom. The predicted octanol–water partition coefficient (Wildman–Crippen LogP) is 2.57. The summed E-state index contributed by atoms with van der Waals surface area (Å²) in [6.45, 7) is 5.62. The molecule has 0 aromatic heterocycles. The lowest BCUT2D eigenvalue weighted by Gasteiger charge is -2.38. The Balaban J connectivity index is 2.09. The molecular formula is C15H25NO3. The van der Waals surface area contributed by atoms with Gasteiger partial charge in [0.15, 0.2) is 0 Å². The average Bonchev–Trinajstić information content (AvgIpc) is 2.87. The number of nitrogens with one attached hydrogen (secondary N) is 1. The highest BCUT2D eigenvalue weighted by Crippen LogP contribution is 2.56. The zero-order valence-corrected chi connectivity index (χ0v) is 12.2. The molecule has 2 N–H and O–H groups in total. The summed E-state index contributed by atoms with van der Waals surface area (Å²) in [6, 6.07) is 0.306. The van der Waals surface area contributed by atoms with Crippen molar-refractivity contribution < 1.29 is 14.7 Å². The normalized spacial score (nSPS) is 34.4. The van der Waals surface area contributed by atoms with Crippen molar-refractivity contribution in [2.45, 2.75) is 65.3 Å². The fraction of sp³-hybridized carbons (Fsp3) is 0.867. The topological polar surface area (TPSA) is 66.4 Å². The van der Waals surface area contributed by atoms with Crippen molar-refractivity contribution in [1.29, 1.82) is 0 Å². The molecule has 2 aliphatic carbocycles. The van der Waals surface area contributed by atoms with E-state index in [1.165, 1.54) is 12.8 Å². The molecule has 2 saturated carbocycles. The first-order chi connectivity index (χ1) is 8.79. The quantitative estimate of drug-likeness (QED) is 0.826. The molecule has 4 heteroatoms. The maximum Gasteiger partial charge on any atom is 0.309 e. The van der Waals surface area contributed by atoms with Gasteiger partial charge in [-0.2, -0.15) is 0 Å². The van der Waals surface area contributed by atoms with E-state index in [0.29, 0.717) is 18.9 Å². The highest BCUT2D eigenvalue weighted by molar-refractivity contribution is 5.84. The molecule has 0 aliphatic heterocycles. The van der Waals surface area contributed by atoms with E-state index < -0.39 is 16.8 Å². The van der Waals surface area contributed by atoms with Crippen LogP contribution in [0.1, 0.15) is 59.3 Å². The van der Waals surface area contributed by atoms with Gasteiger partial charge in [0.1, 0.15) is 0 Å². The van der Waals surface area contributed by atoms with Gasteiger partial charge in [0.25, 0.3) is 0 Å². The van der Waals surface area contributed by atoms with Crippen molar-refractivity contribution in [3.05, 3.63) is 0 Å². The Hall–Kier alpha value is -1.06. The van der Waals surface area contributed by atoms with Crippen LogP contribution in [0.25, 0.3) is 0 Å². The number of aliphatic carboxylic acids is 1. The van der Waals surface area contributed by atoms with Crippen molar-refractivity contribution in [3.8, 4) is 0 Å². The molecule has 0 aromatic rings. The fourth-order valence-electron chi connectivity index (χ4n) is 3.71. The molecule has 2 rings (SSSR count). The lowest BCUT2D eigenvalue weighted by molar-refractivity contribution is -0.155. The molecule has 0 radical (unpaired) electrons. The molecule has 0 heterocycles. The van der Waals surface area contributed by atoms with Crippen molar-refractivity contribution >= 4 is 11.9 Å². The van der Waals surface area contributed by atoms with Crippen LogP contribution in [0.5, 0.6) is 0 Å². The SMILES string of the molecule is CC1(C(=O)O)CCC(C(=O)NC2CCCC2)C1(C)C. The molecule has 19 heavy (non-hydrogen) atoms.